The van der Waals surface area contributed by atoms with Crippen LogP contribution < -0.4 is 11.1 Å². The molecule has 0 bridgehead atoms. The van der Waals surface area contributed by atoms with Crippen LogP contribution >= 0.6 is 0 Å². The number of nitrogens with one attached hydrogen (secondary N) is 1. The molecule has 2 amide bonds. The van der Waals surface area contributed by atoms with E-state index in [0.717, 1.165) is 6.42 Å². The molecule has 3 N–H and O–H groups in total. The highest BCUT2D eigenvalue weighted by Gasteiger charge is 2.24. The third kappa shape index (κ3) is 4.90. The van der Waals surface area contributed by atoms with Crippen LogP contribution in [0.3, 0.4) is 0 Å². The Balaban J connectivity index is 2.05. The first kappa shape index (κ1) is 20.1. The zero-order valence-electron chi connectivity index (χ0n) is 16.5. The van der Waals surface area contributed by atoms with Crippen LogP contribution in [0, 0.1) is 0 Å². The van der Waals surface area contributed by atoms with Gasteiger partial charge in [0.15, 0.2) is 0 Å². The number of carbonyl (C=O) groups excluding carboxylic acids is 1. The number of rotatable bonds is 8. The molecule has 1 aliphatic rings. The number of carbonyl (C=O) groups is 1. The van der Waals surface area contributed by atoms with Gasteiger partial charge in [0, 0.05) is 13.1 Å². The summed E-state index contributed by atoms with van der Waals surface area (Å²) in [5.74, 6) is 0.622. The first-order chi connectivity index (χ1) is 12.5. The summed E-state index contributed by atoms with van der Waals surface area (Å²) in [4.78, 5) is 14.3. The van der Waals surface area contributed by atoms with Gasteiger partial charge in [-0.15, -0.1) is 0 Å². The Hall–Kier alpha value is -2.23. The lowest BCUT2D eigenvalue weighted by atomic mass is 9.89. The molecule has 0 unspecified atom stereocenters. The van der Waals surface area contributed by atoms with Crippen molar-refractivity contribution in [1.29, 1.82) is 0 Å². The third-order valence-electron chi connectivity index (χ3n) is 5.02. The van der Waals surface area contributed by atoms with Crippen molar-refractivity contribution in [2.45, 2.75) is 71.9 Å². The van der Waals surface area contributed by atoms with Gasteiger partial charge in [-0.05, 0) is 41.9 Å². The van der Waals surface area contributed by atoms with Gasteiger partial charge >= 0.3 is 6.03 Å². The van der Waals surface area contributed by atoms with E-state index in [9.17, 15) is 4.79 Å². The minimum absolute atomic E-state index is 0.140. The van der Waals surface area contributed by atoms with E-state index in [1.54, 1.807) is 0 Å². The molecule has 0 spiro atoms. The molecule has 0 atom stereocenters. The van der Waals surface area contributed by atoms with E-state index >= 15 is 0 Å². The molecule has 0 aromatic heterocycles. The average Bonchev–Trinajstić information content (AvgIpc) is 3.05. The maximum absolute atomic E-state index is 12.5. The Labute approximate surface area is 158 Å². The molecule has 0 saturated heterocycles. The topological polar surface area (TPSA) is 58.4 Å². The van der Waals surface area contributed by atoms with Crippen LogP contribution in [0.15, 0.2) is 42.2 Å². The Morgan fingerprint density at radius 1 is 1.23 bits per heavy atom. The lowest BCUT2D eigenvalue weighted by Gasteiger charge is -2.18. The van der Waals surface area contributed by atoms with Gasteiger partial charge in [-0.1, -0.05) is 64.5 Å². The summed E-state index contributed by atoms with van der Waals surface area (Å²) in [6.07, 6.45) is 7.51. The molecular weight excluding hydrogens is 322 g/mol. The summed E-state index contributed by atoms with van der Waals surface area (Å²) in [7, 11) is 0. The van der Waals surface area contributed by atoms with E-state index in [1.807, 2.05) is 17.9 Å². The largest absolute Gasteiger partial charge is 0.397 e. The molecule has 1 aromatic rings. The quantitative estimate of drug-likeness (QED) is 0.633. The Kier molecular flexibility index (Phi) is 7.31. The van der Waals surface area contributed by atoms with Gasteiger partial charge in [-0.3, -0.25) is 0 Å². The molecule has 0 saturated carbocycles. The zero-order valence-corrected chi connectivity index (χ0v) is 16.5. The van der Waals surface area contributed by atoms with Crippen molar-refractivity contribution in [1.82, 2.24) is 10.2 Å². The Morgan fingerprint density at radius 3 is 2.50 bits per heavy atom. The molecule has 0 radical (unpaired) electrons. The highest BCUT2D eigenvalue weighted by atomic mass is 16.2. The standard InChI is InChI=1S/C22H33N3O/c1-5-8-17(9-6-2)18-11-12-19-14-25(15-20(19)13-18)22(26)24-16(4)21(23)10-7-3/h10-13,17H,4-9,14-15,23H2,1-3H3,(H,24,26)/b21-10+. The minimum Gasteiger partial charge on any atom is -0.397 e. The summed E-state index contributed by atoms with van der Waals surface area (Å²) in [5, 5.41) is 2.82. The van der Waals surface area contributed by atoms with Crippen molar-refractivity contribution < 1.29 is 4.79 Å². The fourth-order valence-corrected chi connectivity index (χ4v) is 3.61. The molecular formula is C22H33N3O. The van der Waals surface area contributed by atoms with Gasteiger partial charge in [0.05, 0.1) is 11.4 Å². The lowest BCUT2D eigenvalue weighted by molar-refractivity contribution is 0.201. The van der Waals surface area contributed by atoms with Crippen LogP contribution in [-0.2, 0) is 13.1 Å². The molecule has 1 aliphatic heterocycles. The van der Waals surface area contributed by atoms with Gasteiger partial charge in [-0.2, -0.15) is 0 Å². The van der Waals surface area contributed by atoms with E-state index in [-0.39, 0.29) is 6.03 Å². The summed E-state index contributed by atoms with van der Waals surface area (Å²) in [6, 6.07) is 6.60. The first-order valence-electron chi connectivity index (χ1n) is 9.82. The first-order valence-corrected chi connectivity index (χ1v) is 9.82. The zero-order chi connectivity index (χ0) is 19.1. The number of fused-ring (bicyclic) bond motifs is 1. The fraction of sp³-hybridized carbons (Fsp3) is 0.500. The maximum Gasteiger partial charge on any atom is 0.322 e. The highest BCUT2D eigenvalue weighted by molar-refractivity contribution is 5.77. The van der Waals surface area contributed by atoms with Gasteiger partial charge < -0.3 is 16.0 Å². The predicted octanol–water partition coefficient (Wildman–Crippen LogP) is 5.16. The fourth-order valence-electron chi connectivity index (χ4n) is 3.61. The van der Waals surface area contributed by atoms with E-state index in [0.29, 0.717) is 30.4 Å². The van der Waals surface area contributed by atoms with E-state index in [2.05, 4.69) is 43.9 Å². The maximum atomic E-state index is 12.5. The van der Waals surface area contributed by atoms with E-state index in [4.69, 9.17) is 5.73 Å². The van der Waals surface area contributed by atoms with Crippen molar-refractivity contribution >= 4 is 6.03 Å². The van der Waals surface area contributed by atoms with Crippen molar-refractivity contribution in [3.05, 3.63) is 58.9 Å². The van der Waals surface area contributed by atoms with Crippen molar-refractivity contribution in [2.24, 2.45) is 5.73 Å². The molecule has 2 rings (SSSR count). The second-order valence-corrected chi connectivity index (χ2v) is 7.13. The Bertz CT molecular complexity index is 672. The highest BCUT2D eigenvalue weighted by Crippen LogP contribution is 2.31. The number of amides is 2. The van der Waals surface area contributed by atoms with Gasteiger partial charge in [-0.25, -0.2) is 4.79 Å². The number of allylic oxidation sites excluding steroid dienone is 1. The molecule has 1 aromatic carbocycles. The molecule has 142 valence electrons. The normalized spacial score (nSPS) is 13.8. The number of nitrogens with zero attached hydrogens (tertiary/aromatic N) is 1. The smallest absolute Gasteiger partial charge is 0.322 e. The van der Waals surface area contributed by atoms with E-state index in [1.165, 1.54) is 42.4 Å². The summed E-state index contributed by atoms with van der Waals surface area (Å²) in [5.41, 5.74) is 10.8. The molecule has 4 nitrogen and oxygen atoms in total. The van der Waals surface area contributed by atoms with E-state index < -0.39 is 0 Å². The number of nitrogens with two attached hydrogens (primary N) is 1. The van der Waals surface area contributed by atoms with Crippen LogP contribution in [0.5, 0.6) is 0 Å². The second-order valence-electron chi connectivity index (χ2n) is 7.13. The minimum atomic E-state index is -0.140. The number of hydrogen-bond acceptors (Lipinski definition) is 2. The molecule has 1 heterocycles. The number of hydrogen-bond donors (Lipinski definition) is 2. The van der Waals surface area contributed by atoms with Crippen molar-refractivity contribution in [2.75, 3.05) is 0 Å². The third-order valence-corrected chi connectivity index (χ3v) is 5.02. The van der Waals surface area contributed by atoms with Crippen molar-refractivity contribution in [3.63, 3.8) is 0 Å². The van der Waals surface area contributed by atoms with Crippen LogP contribution in [0.2, 0.25) is 0 Å². The summed E-state index contributed by atoms with van der Waals surface area (Å²) >= 11 is 0. The molecule has 4 heteroatoms. The SMILES string of the molecule is C=C(NC(=O)N1Cc2ccc(C(CCC)CCC)cc2C1)/C(N)=C\CC. The van der Waals surface area contributed by atoms with Gasteiger partial charge in [0.25, 0.3) is 0 Å². The number of urea groups is 1. The predicted molar refractivity (Wildman–Crippen MR) is 108 cm³/mol. The summed E-state index contributed by atoms with van der Waals surface area (Å²) < 4.78 is 0. The molecule has 26 heavy (non-hydrogen) atoms. The lowest BCUT2D eigenvalue weighted by Crippen LogP contribution is -2.36. The van der Waals surface area contributed by atoms with Gasteiger partial charge in [0.1, 0.15) is 0 Å². The second kappa shape index (κ2) is 9.46. The van der Waals surface area contributed by atoms with Crippen LogP contribution in [0.4, 0.5) is 4.79 Å². The van der Waals surface area contributed by atoms with Gasteiger partial charge in [0.2, 0.25) is 0 Å². The Morgan fingerprint density at radius 2 is 1.88 bits per heavy atom. The van der Waals surface area contributed by atoms with Crippen molar-refractivity contribution in [3.8, 4) is 0 Å². The monoisotopic (exact) mass is 355 g/mol. The van der Waals surface area contributed by atoms with Crippen LogP contribution in [0.1, 0.15) is 75.5 Å². The molecule has 0 fully saturated rings. The van der Waals surface area contributed by atoms with Crippen LogP contribution in [-0.4, -0.2) is 10.9 Å². The van der Waals surface area contributed by atoms with Crippen LogP contribution in [0.25, 0.3) is 0 Å². The molecule has 0 aliphatic carbocycles. The average molecular weight is 356 g/mol. The number of benzene rings is 1. The summed E-state index contributed by atoms with van der Waals surface area (Å²) in [6.45, 7) is 11.6.